The number of fused-ring (bicyclic) bond motifs is 2. The zero-order valence-electron chi connectivity index (χ0n) is 9.72. The van der Waals surface area contributed by atoms with Crippen LogP contribution in [0.1, 0.15) is 6.92 Å². The first-order valence-electron chi connectivity index (χ1n) is 5.77. The molecule has 0 spiro atoms. The Morgan fingerprint density at radius 1 is 1.06 bits per heavy atom. The van der Waals surface area contributed by atoms with E-state index in [9.17, 15) is 0 Å². The van der Waals surface area contributed by atoms with Gasteiger partial charge in [0, 0.05) is 17.8 Å². The van der Waals surface area contributed by atoms with E-state index in [1.807, 2.05) is 36.4 Å². The first kappa shape index (κ1) is 10.0. The molecule has 0 unspecified atom stereocenters. The van der Waals surface area contributed by atoms with Crippen LogP contribution in [-0.4, -0.2) is 4.98 Å². The van der Waals surface area contributed by atoms with Crippen molar-refractivity contribution in [3.8, 4) is 0 Å². The lowest BCUT2D eigenvalue weighted by Gasteiger charge is -2.03. The predicted octanol–water partition coefficient (Wildman–Crippen LogP) is 2.28. The lowest BCUT2D eigenvalue weighted by molar-refractivity contribution is -0.641. The van der Waals surface area contributed by atoms with Crippen molar-refractivity contribution in [3.63, 3.8) is 0 Å². The third kappa shape index (κ3) is 1.51. The second-order valence-electron chi connectivity index (χ2n) is 4.09. The minimum Gasteiger partial charge on any atom is -0.399 e. The van der Waals surface area contributed by atoms with Gasteiger partial charge < -0.3 is 5.73 Å². The molecule has 0 amide bonds. The van der Waals surface area contributed by atoms with E-state index in [2.05, 4.69) is 22.5 Å². The maximum atomic E-state index is 5.85. The summed E-state index contributed by atoms with van der Waals surface area (Å²) in [6, 6.07) is 14.0. The summed E-state index contributed by atoms with van der Waals surface area (Å²) < 4.78 is 2.24. The fourth-order valence-corrected chi connectivity index (χ4v) is 2.24. The summed E-state index contributed by atoms with van der Waals surface area (Å²) in [5.41, 5.74) is 10.9. The van der Waals surface area contributed by atoms with Crippen LogP contribution in [0, 0.1) is 0 Å². The zero-order valence-corrected chi connectivity index (χ0v) is 9.72. The quantitative estimate of drug-likeness (QED) is 0.391. The topological polar surface area (TPSA) is 42.8 Å². The smallest absolute Gasteiger partial charge is 0.233 e. The Bertz CT molecular complexity index is 704. The Labute approximate surface area is 99.5 Å². The van der Waals surface area contributed by atoms with Crippen LogP contribution >= 0.6 is 0 Å². The molecule has 3 aromatic rings. The van der Waals surface area contributed by atoms with E-state index in [1.165, 1.54) is 0 Å². The van der Waals surface area contributed by atoms with Crippen molar-refractivity contribution >= 4 is 27.8 Å². The van der Waals surface area contributed by atoms with Gasteiger partial charge in [-0.2, -0.15) is 4.57 Å². The Balaban J connectivity index is 2.54. The molecule has 3 nitrogen and oxygen atoms in total. The molecule has 3 heteroatoms. The summed E-state index contributed by atoms with van der Waals surface area (Å²) in [6.45, 7) is 3.04. The summed E-state index contributed by atoms with van der Waals surface area (Å²) >= 11 is 0. The van der Waals surface area contributed by atoms with Crippen molar-refractivity contribution in [1.29, 1.82) is 0 Å². The molecule has 0 aliphatic rings. The molecule has 17 heavy (non-hydrogen) atoms. The summed E-state index contributed by atoms with van der Waals surface area (Å²) in [4.78, 5) is 4.65. The van der Waals surface area contributed by atoms with Crippen LogP contribution in [0.2, 0.25) is 0 Å². The number of aromatic nitrogens is 2. The first-order valence-corrected chi connectivity index (χ1v) is 5.77. The molecule has 0 atom stereocenters. The summed E-state index contributed by atoms with van der Waals surface area (Å²) in [5.74, 6) is 0. The number of nitrogen functional groups attached to an aromatic ring is 1. The van der Waals surface area contributed by atoms with E-state index < -0.39 is 0 Å². The summed E-state index contributed by atoms with van der Waals surface area (Å²) in [5, 5.41) is 0. The van der Waals surface area contributed by atoms with Crippen molar-refractivity contribution in [2.45, 2.75) is 13.5 Å². The highest BCUT2D eigenvalue weighted by molar-refractivity contribution is 5.83. The molecule has 84 valence electrons. The van der Waals surface area contributed by atoms with Gasteiger partial charge in [0.15, 0.2) is 0 Å². The Kier molecular flexibility index (Phi) is 2.18. The lowest BCUT2D eigenvalue weighted by Crippen LogP contribution is -2.34. The molecule has 1 aromatic heterocycles. The van der Waals surface area contributed by atoms with Crippen molar-refractivity contribution in [1.82, 2.24) is 4.98 Å². The number of aryl methyl sites for hydroxylation is 1. The molecule has 2 N–H and O–H groups in total. The van der Waals surface area contributed by atoms with Gasteiger partial charge in [0.25, 0.3) is 0 Å². The molecule has 0 saturated carbocycles. The maximum Gasteiger partial charge on any atom is 0.233 e. The minimum atomic E-state index is 0.775. The van der Waals surface area contributed by atoms with Crippen LogP contribution in [0.25, 0.3) is 22.1 Å². The van der Waals surface area contributed by atoms with Gasteiger partial charge in [0.2, 0.25) is 11.0 Å². The molecule has 2 aromatic carbocycles. The fourth-order valence-electron chi connectivity index (χ4n) is 2.24. The largest absolute Gasteiger partial charge is 0.399 e. The maximum absolute atomic E-state index is 5.85. The van der Waals surface area contributed by atoms with Gasteiger partial charge in [0.1, 0.15) is 17.6 Å². The number of para-hydroxylation sites is 2. The van der Waals surface area contributed by atoms with E-state index in [0.29, 0.717) is 0 Å². The molecule has 0 radical (unpaired) electrons. The van der Waals surface area contributed by atoms with Crippen molar-refractivity contribution in [3.05, 3.63) is 42.5 Å². The monoisotopic (exact) mass is 224 g/mol. The average molecular weight is 224 g/mol. The number of anilines is 1. The standard InChI is InChI=1S/C14H13N3/c1-2-17-13-6-4-3-5-11(13)16-12-8-7-10(15)9-14(12)17/h3-9,15H,2H2,1H3/p+1. The van der Waals surface area contributed by atoms with Crippen LogP contribution in [-0.2, 0) is 6.54 Å². The van der Waals surface area contributed by atoms with E-state index in [4.69, 9.17) is 5.73 Å². The zero-order chi connectivity index (χ0) is 11.8. The highest BCUT2D eigenvalue weighted by Crippen LogP contribution is 2.16. The molecular weight excluding hydrogens is 210 g/mol. The Morgan fingerprint density at radius 2 is 1.82 bits per heavy atom. The number of hydrogen-bond acceptors (Lipinski definition) is 2. The molecule has 1 heterocycles. The number of nitrogens with zero attached hydrogens (tertiary/aromatic N) is 2. The lowest BCUT2D eigenvalue weighted by atomic mass is 10.2. The molecule has 0 bridgehead atoms. The van der Waals surface area contributed by atoms with Gasteiger partial charge in [-0.1, -0.05) is 12.1 Å². The third-order valence-corrected chi connectivity index (χ3v) is 3.02. The van der Waals surface area contributed by atoms with Crippen molar-refractivity contribution in [2.75, 3.05) is 5.73 Å². The van der Waals surface area contributed by atoms with E-state index >= 15 is 0 Å². The second kappa shape index (κ2) is 3.70. The van der Waals surface area contributed by atoms with Crippen molar-refractivity contribution < 1.29 is 4.57 Å². The number of benzene rings is 2. The van der Waals surface area contributed by atoms with Gasteiger partial charge >= 0.3 is 0 Å². The number of rotatable bonds is 1. The SMILES string of the molecule is CC[n+]1c2ccccc2nc2ccc(N)cc21. The van der Waals surface area contributed by atoms with Crippen LogP contribution in [0.4, 0.5) is 5.69 Å². The third-order valence-electron chi connectivity index (χ3n) is 3.02. The Morgan fingerprint density at radius 3 is 2.65 bits per heavy atom. The normalized spacial score (nSPS) is 11.1. The molecular formula is C14H14N3+. The van der Waals surface area contributed by atoms with Crippen molar-refractivity contribution in [2.24, 2.45) is 0 Å². The summed E-state index contributed by atoms with van der Waals surface area (Å²) in [6.07, 6.45) is 0. The molecule has 3 rings (SSSR count). The fraction of sp³-hybridized carbons (Fsp3) is 0.143. The molecule has 0 aliphatic carbocycles. The highest BCUT2D eigenvalue weighted by Gasteiger charge is 2.14. The number of hydrogen-bond donors (Lipinski definition) is 1. The van der Waals surface area contributed by atoms with E-state index in [0.717, 1.165) is 34.3 Å². The van der Waals surface area contributed by atoms with Gasteiger partial charge in [-0.15, -0.1) is 0 Å². The predicted molar refractivity (Wildman–Crippen MR) is 69.5 cm³/mol. The van der Waals surface area contributed by atoms with Crippen LogP contribution in [0.15, 0.2) is 42.5 Å². The minimum absolute atomic E-state index is 0.775. The molecule has 0 fully saturated rings. The van der Waals surface area contributed by atoms with Gasteiger partial charge in [-0.25, -0.2) is 4.98 Å². The average Bonchev–Trinajstić information content (AvgIpc) is 2.36. The first-order chi connectivity index (χ1) is 8.29. The Hall–Kier alpha value is -2.16. The van der Waals surface area contributed by atoms with Crippen LogP contribution in [0.5, 0.6) is 0 Å². The summed E-state index contributed by atoms with van der Waals surface area (Å²) in [7, 11) is 0. The number of nitrogens with two attached hydrogens (primary N) is 1. The van der Waals surface area contributed by atoms with E-state index in [1.54, 1.807) is 0 Å². The van der Waals surface area contributed by atoms with Crippen LogP contribution in [0.3, 0.4) is 0 Å². The van der Waals surface area contributed by atoms with Gasteiger partial charge in [-0.3, -0.25) is 0 Å². The van der Waals surface area contributed by atoms with E-state index in [-0.39, 0.29) is 0 Å². The molecule has 0 aliphatic heterocycles. The molecule has 0 saturated heterocycles. The second-order valence-corrected chi connectivity index (χ2v) is 4.09. The van der Waals surface area contributed by atoms with Crippen LogP contribution < -0.4 is 10.3 Å². The van der Waals surface area contributed by atoms with Gasteiger partial charge in [-0.05, 0) is 25.1 Å². The highest BCUT2D eigenvalue weighted by atomic mass is 15.0. The van der Waals surface area contributed by atoms with Gasteiger partial charge in [0.05, 0.1) is 0 Å².